The van der Waals surface area contributed by atoms with Gasteiger partial charge in [-0.3, -0.25) is 9.59 Å². The lowest BCUT2D eigenvalue weighted by Gasteiger charge is -2.15. The van der Waals surface area contributed by atoms with Crippen LogP contribution in [-0.4, -0.2) is 29.8 Å². The van der Waals surface area contributed by atoms with Crippen LogP contribution in [0.1, 0.15) is 31.2 Å². The zero-order valence-electron chi connectivity index (χ0n) is 12.3. The highest BCUT2D eigenvalue weighted by Crippen LogP contribution is 2.14. The number of allylic oxidation sites excluding steroid dienone is 1. The third-order valence-electron chi connectivity index (χ3n) is 3.63. The molecule has 0 aliphatic carbocycles. The van der Waals surface area contributed by atoms with Crippen molar-refractivity contribution in [1.82, 2.24) is 4.90 Å². The Morgan fingerprint density at radius 1 is 1.19 bits per heavy atom. The van der Waals surface area contributed by atoms with Gasteiger partial charge in [-0.1, -0.05) is 18.2 Å². The van der Waals surface area contributed by atoms with Crippen molar-refractivity contribution in [2.75, 3.05) is 18.4 Å². The van der Waals surface area contributed by atoms with E-state index < -0.39 is 0 Å². The van der Waals surface area contributed by atoms with Gasteiger partial charge in [-0.05, 0) is 37.0 Å². The van der Waals surface area contributed by atoms with E-state index in [-0.39, 0.29) is 11.8 Å². The van der Waals surface area contributed by atoms with Gasteiger partial charge in [-0.2, -0.15) is 0 Å². The normalized spacial score (nSPS) is 14.0. The molecule has 1 aliphatic rings. The largest absolute Gasteiger partial charge is 0.342 e. The van der Waals surface area contributed by atoms with Crippen LogP contribution in [0.4, 0.5) is 5.69 Å². The number of anilines is 1. The molecule has 0 aromatic heterocycles. The van der Waals surface area contributed by atoms with Gasteiger partial charge in [0.25, 0.3) is 0 Å². The molecule has 0 saturated carbocycles. The molecule has 4 heteroatoms. The lowest BCUT2D eigenvalue weighted by Crippen LogP contribution is -2.29. The highest BCUT2D eigenvalue weighted by Gasteiger charge is 2.17. The summed E-state index contributed by atoms with van der Waals surface area (Å²) in [5.74, 6) is 0.172. The summed E-state index contributed by atoms with van der Waals surface area (Å²) in [7, 11) is 0. The van der Waals surface area contributed by atoms with Crippen molar-refractivity contribution in [1.29, 1.82) is 0 Å². The van der Waals surface area contributed by atoms with Crippen LogP contribution < -0.4 is 5.32 Å². The first kappa shape index (κ1) is 15.3. The van der Waals surface area contributed by atoms with Crippen molar-refractivity contribution >= 4 is 17.5 Å². The molecule has 1 fully saturated rings. The number of hydrogen-bond acceptors (Lipinski definition) is 2. The zero-order chi connectivity index (χ0) is 15.1. The summed E-state index contributed by atoms with van der Waals surface area (Å²) in [5, 5.41) is 2.83. The third kappa shape index (κ3) is 4.74. The van der Waals surface area contributed by atoms with Crippen molar-refractivity contribution in [3.05, 3.63) is 42.5 Å². The van der Waals surface area contributed by atoms with E-state index in [1.54, 1.807) is 6.08 Å². The van der Waals surface area contributed by atoms with Crippen LogP contribution in [-0.2, 0) is 16.0 Å². The fourth-order valence-electron chi connectivity index (χ4n) is 2.42. The maximum absolute atomic E-state index is 12.0. The Bertz CT molecular complexity index is 502. The van der Waals surface area contributed by atoms with Crippen LogP contribution in [0.5, 0.6) is 0 Å². The summed E-state index contributed by atoms with van der Waals surface area (Å²) in [4.78, 5) is 25.6. The standard InChI is InChI=1S/C17H22N2O2/c1-2-3-6-16(20)18-15-9-7-14(8-10-15)13-17(21)19-11-4-5-12-19/h2,7-10H,1,3-6,11-13H2,(H,18,20). The van der Waals surface area contributed by atoms with Crippen LogP contribution in [0.3, 0.4) is 0 Å². The molecule has 1 aliphatic heterocycles. The maximum Gasteiger partial charge on any atom is 0.226 e. The number of nitrogens with zero attached hydrogens (tertiary/aromatic N) is 1. The second-order valence-corrected chi connectivity index (χ2v) is 5.34. The molecule has 0 unspecified atom stereocenters. The van der Waals surface area contributed by atoms with E-state index in [1.165, 1.54) is 0 Å². The van der Waals surface area contributed by atoms with Crippen molar-refractivity contribution in [2.24, 2.45) is 0 Å². The zero-order valence-corrected chi connectivity index (χ0v) is 12.3. The topological polar surface area (TPSA) is 49.4 Å². The minimum atomic E-state index is -0.0178. The molecule has 0 atom stereocenters. The number of carbonyl (C=O) groups excluding carboxylic acids is 2. The number of benzene rings is 1. The van der Waals surface area contributed by atoms with E-state index in [1.807, 2.05) is 29.2 Å². The maximum atomic E-state index is 12.0. The van der Waals surface area contributed by atoms with Gasteiger partial charge in [-0.25, -0.2) is 0 Å². The molecule has 1 aromatic rings. The second kappa shape index (κ2) is 7.62. The van der Waals surface area contributed by atoms with Crippen LogP contribution >= 0.6 is 0 Å². The van der Waals surface area contributed by atoms with Gasteiger partial charge in [0, 0.05) is 25.2 Å². The van der Waals surface area contributed by atoms with Crippen molar-refractivity contribution in [3.8, 4) is 0 Å². The Labute approximate surface area is 125 Å². The first-order chi connectivity index (χ1) is 10.2. The van der Waals surface area contributed by atoms with Crippen LogP contribution in [0.25, 0.3) is 0 Å². The number of rotatable bonds is 6. The highest BCUT2D eigenvalue weighted by molar-refractivity contribution is 5.90. The molecule has 1 aromatic carbocycles. The van der Waals surface area contributed by atoms with E-state index >= 15 is 0 Å². The second-order valence-electron chi connectivity index (χ2n) is 5.34. The molecular formula is C17H22N2O2. The SMILES string of the molecule is C=CCCC(=O)Nc1ccc(CC(=O)N2CCCC2)cc1. The van der Waals surface area contributed by atoms with E-state index in [0.29, 0.717) is 19.3 Å². The molecule has 2 rings (SSSR count). The smallest absolute Gasteiger partial charge is 0.226 e. The first-order valence-corrected chi connectivity index (χ1v) is 7.46. The minimum absolute atomic E-state index is 0.0178. The number of nitrogens with one attached hydrogen (secondary N) is 1. The average molecular weight is 286 g/mol. The van der Waals surface area contributed by atoms with Crippen LogP contribution in [0.2, 0.25) is 0 Å². The van der Waals surface area contributed by atoms with Crippen LogP contribution in [0, 0.1) is 0 Å². The summed E-state index contributed by atoms with van der Waals surface area (Å²) in [6.45, 7) is 5.37. The number of carbonyl (C=O) groups is 2. The molecule has 0 spiro atoms. The van der Waals surface area contributed by atoms with Crippen molar-refractivity contribution in [2.45, 2.75) is 32.1 Å². The quantitative estimate of drug-likeness (QED) is 0.817. The first-order valence-electron chi connectivity index (χ1n) is 7.46. The summed E-state index contributed by atoms with van der Waals surface area (Å²) in [6.07, 6.45) is 5.51. The Balaban J connectivity index is 1.85. The number of hydrogen-bond donors (Lipinski definition) is 1. The van der Waals surface area contributed by atoms with Gasteiger partial charge in [0.1, 0.15) is 0 Å². The lowest BCUT2D eigenvalue weighted by atomic mass is 10.1. The third-order valence-corrected chi connectivity index (χ3v) is 3.63. The number of amides is 2. The predicted molar refractivity (Wildman–Crippen MR) is 84.0 cm³/mol. The Morgan fingerprint density at radius 3 is 2.48 bits per heavy atom. The van der Waals surface area contributed by atoms with E-state index in [2.05, 4.69) is 11.9 Å². The van der Waals surface area contributed by atoms with Crippen molar-refractivity contribution < 1.29 is 9.59 Å². The van der Waals surface area contributed by atoms with E-state index in [9.17, 15) is 9.59 Å². The lowest BCUT2D eigenvalue weighted by molar-refractivity contribution is -0.129. The summed E-state index contributed by atoms with van der Waals surface area (Å²) >= 11 is 0. The molecule has 112 valence electrons. The average Bonchev–Trinajstić information content (AvgIpc) is 3.01. The van der Waals surface area contributed by atoms with Gasteiger partial charge in [0.15, 0.2) is 0 Å². The molecule has 4 nitrogen and oxygen atoms in total. The van der Waals surface area contributed by atoms with Crippen molar-refractivity contribution in [3.63, 3.8) is 0 Å². The fraction of sp³-hybridized carbons (Fsp3) is 0.412. The molecule has 0 radical (unpaired) electrons. The summed E-state index contributed by atoms with van der Waals surface area (Å²) in [5.41, 5.74) is 1.75. The monoisotopic (exact) mass is 286 g/mol. The van der Waals surface area contributed by atoms with Gasteiger partial charge >= 0.3 is 0 Å². The molecule has 1 N–H and O–H groups in total. The summed E-state index contributed by atoms with van der Waals surface area (Å²) < 4.78 is 0. The Hall–Kier alpha value is -2.10. The molecule has 1 heterocycles. The number of likely N-dealkylation sites (tertiary alicyclic amines) is 1. The van der Waals surface area contributed by atoms with Gasteiger partial charge in [-0.15, -0.1) is 6.58 Å². The minimum Gasteiger partial charge on any atom is -0.342 e. The molecule has 0 bridgehead atoms. The fourth-order valence-corrected chi connectivity index (χ4v) is 2.42. The molecule has 1 saturated heterocycles. The van der Waals surface area contributed by atoms with E-state index in [0.717, 1.165) is 37.2 Å². The summed E-state index contributed by atoms with van der Waals surface area (Å²) in [6, 6.07) is 7.49. The highest BCUT2D eigenvalue weighted by atomic mass is 16.2. The van der Waals surface area contributed by atoms with Gasteiger partial charge in [0.05, 0.1) is 6.42 Å². The Morgan fingerprint density at radius 2 is 1.86 bits per heavy atom. The predicted octanol–water partition coefficient (Wildman–Crippen LogP) is 2.76. The molecule has 21 heavy (non-hydrogen) atoms. The Kier molecular flexibility index (Phi) is 5.55. The molecule has 2 amide bonds. The van der Waals surface area contributed by atoms with Gasteiger partial charge < -0.3 is 10.2 Å². The van der Waals surface area contributed by atoms with Gasteiger partial charge in [0.2, 0.25) is 11.8 Å². The van der Waals surface area contributed by atoms with Crippen LogP contribution in [0.15, 0.2) is 36.9 Å². The van der Waals surface area contributed by atoms with E-state index in [4.69, 9.17) is 0 Å². The molecular weight excluding hydrogens is 264 g/mol.